The van der Waals surface area contributed by atoms with Crippen LogP contribution in [0.3, 0.4) is 0 Å². The molecule has 0 bridgehead atoms. The topological polar surface area (TPSA) is 72.3 Å². The fourth-order valence-corrected chi connectivity index (χ4v) is 1.14. The van der Waals surface area contributed by atoms with Crippen molar-refractivity contribution >= 4 is 5.69 Å². The summed E-state index contributed by atoms with van der Waals surface area (Å²) in [5.74, 6) is -2.06. The zero-order valence-electron chi connectivity index (χ0n) is 7.72. The van der Waals surface area contributed by atoms with Crippen LogP contribution in [0.25, 0.3) is 0 Å². The van der Waals surface area contributed by atoms with Crippen molar-refractivity contribution in [1.82, 2.24) is 0 Å². The Morgan fingerprint density at radius 2 is 1.86 bits per heavy atom. The highest BCUT2D eigenvalue weighted by Gasteiger charge is 2.24. The average Bonchev–Trinajstić information content (AvgIpc) is 2.11. The van der Waals surface area contributed by atoms with Crippen molar-refractivity contribution < 1.29 is 13.9 Å². The molecule has 0 unspecified atom stereocenters. The number of aliphatic hydroxyl groups is 1. The van der Waals surface area contributed by atoms with Gasteiger partial charge < -0.3 is 16.6 Å². The van der Waals surface area contributed by atoms with Crippen LogP contribution >= 0.6 is 0 Å². The molecule has 14 heavy (non-hydrogen) atoms. The first-order valence-electron chi connectivity index (χ1n) is 4.03. The molecule has 0 aliphatic heterocycles. The summed E-state index contributed by atoms with van der Waals surface area (Å²) in [6.45, 7) is 1.08. The molecule has 5 heteroatoms. The molecule has 3 nitrogen and oxygen atoms in total. The molecule has 0 radical (unpaired) electrons. The van der Waals surface area contributed by atoms with E-state index >= 15 is 0 Å². The molecule has 1 aromatic carbocycles. The van der Waals surface area contributed by atoms with E-state index in [1.54, 1.807) is 0 Å². The van der Waals surface area contributed by atoms with E-state index in [-0.39, 0.29) is 11.3 Å². The van der Waals surface area contributed by atoms with Crippen LogP contribution in [-0.2, 0) is 5.54 Å². The molecular formula is C9H12F2N2O. The fraction of sp³-hybridized carbons (Fsp3) is 0.333. The second-order valence-corrected chi connectivity index (χ2v) is 3.43. The van der Waals surface area contributed by atoms with Crippen LogP contribution in [0.1, 0.15) is 12.5 Å². The van der Waals surface area contributed by atoms with E-state index in [1.165, 1.54) is 6.92 Å². The summed E-state index contributed by atoms with van der Waals surface area (Å²) in [5, 5.41) is 8.94. The van der Waals surface area contributed by atoms with Crippen molar-refractivity contribution in [3.8, 4) is 0 Å². The molecule has 0 spiro atoms. The number of rotatable bonds is 2. The first-order valence-corrected chi connectivity index (χ1v) is 4.03. The van der Waals surface area contributed by atoms with Crippen LogP contribution in [0, 0.1) is 11.6 Å². The molecule has 1 rings (SSSR count). The van der Waals surface area contributed by atoms with E-state index in [4.69, 9.17) is 16.6 Å². The highest BCUT2D eigenvalue weighted by atomic mass is 19.2. The summed E-state index contributed by atoms with van der Waals surface area (Å²) >= 11 is 0. The maximum atomic E-state index is 12.9. The van der Waals surface area contributed by atoms with E-state index in [0.717, 1.165) is 12.1 Å². The molecule has 1 aromatic rings. The molecule has 0 saturated heterocycles. The summed E-state index contributed by atoms with van der Waals surface area (Å²) < 4.78 is 25.6. The molecule has 0 aromatic heterocycles. The molecule has 1 atom stereocenters. The van der Waals surface area contributed by atoms with Gasteiger partial charge in [0.25, 0.3) is 0 Å². The third-order valence-electron chi connectivity index (χ3n) is 2.04. The fourth-order valence-electron chi connectivity index (χ4n) is 1.14. The maximum Gasteiger partial charge on any atom is 0.160 e. The summed E-state index contributed by atoms with van der Waals surface area (Å²) in [5.41, 5.74) is 10.1. The van der Waals surface area contributed by atoms with Crippen molar-refractivity contribution in [3.63, 3.8) is 0 Å². The smallest absolute Gasteiger partial charge is 0.160 e. The summed E-state index contributed by atoms with van der Waals surface area (Å²) in [6.07, 6.45) is 0. The molecule has 0 aliphatic carbocycles. The molecule has 0 aliphatic rings. The van der Waals surface area contributed by atoms with Crippen LogP contribution < -0.4 is 11.5 Å². The molecule has 0 saturated carbocycles. The van der Waals surface area contributed by atoms with Gasteiger partial charge in [0.05, 0.1) is 12.1 Å². The van der Waals surface area contributed by atoms with Gasteiger partial charge in [-0.15, -0.1) is 0 Å². The van der Waals surface area contributed by atoms with Gasteiger partial charge in [0.2, 0.25) is 0 Å². The summed E-state index contributed by atoms with van der Waals surface area (Å²) in [4.78, 5) is 0. The number of benzene rings is 1. The molecule has 78 valence electrons. The lowest BCUT2D eigenvalue weighted by atomic mass is 9.92. The normalized spacial score (nSPS) is 15.2. The van der Waals surface area contributed by atoms with Crippen LogP contribution in [0.15, 0.2) is 12.1 Å². The monoisotopic (exact) mass is 202 g/mol. The second kappa shape index (κ2) is 3.51. The Bertz CT molecular complexity index is 353. The number of hydrogen-bond acceptors (Lipinski definition) is 3. The Morgan fingerprint density at radius 3 is 2.36 bits per heavy atom. The van der Waals surface area contributed by atoms with Crippen molar-refractivity contribution in [1.29, 1.82) is 0 Å². The molecule has 0 heterocycles. The quantitative estimate of drug-likeness (QED) is 0.618. The van der Waals surface area contributed by atoms with Crippen molar-refractivity contribution in [2.45, 2.75) is 12.5 Å². The predicted molar refractivity (Wildman–Crippen MR) is 49.4 cm³/mol. The van der Waals surface area contributed by atoms with E-state index < -0.39 is 23.8 Å². The van der Waals surface area contributed by atoms with Crippen molar-refractivity contribution in [2.75, 3.05) is 12.3 Å². The van der Waals surface area contributed by atoms with Crippen molar-refractivity contribution in [2.24, 2.45) is 5.73 Å². The van der Waals surface area contributed by atoms with Gasteiger partial charge in [-0.3, -0.25) is 0 Å². The van der Waals surface area contributed by atoms with E-state index in [0.29, 0.717) is 0 Å². The third kappa shape index (κ3) is 1.83. The molecular weight excluding hydrogens is 190 g/mol. The van der Waals surface area contributed by atoms with E-state index in [1.807, 2.05) is 0 Å². The Kier molecular flexibility index (Phi) is 2.73. The van der Waals surface area contributed by atoms with Gasteiger partial charge >= 0.3 is 0 Å². The lowest BCUT2D eigenvalue weighted by molar-refractivity contribution is 0.210. The minimum Gasteiger partial charge on any atom is -0.398 e. The maximum absolute atomic E-state index is 12.9. The predicted octanol–water partition coefficient (Wildman–Crippen LogP) is 0.713. The summed E-state index contributed by atoms with van der Waals surface area (Å²) in [7, 11) is 0. The number of aliphatic hydroxyl groups excluding tert-OH is 1. The van der Waals surface area contributed by atoms with Gasteiger partial charge in [-0.1, -0.05) is 0 Å². The lowest BCUT2D eigenvalue weighted by Crippen LogP contribution is -2.37. The standard InChI is InChI=1S/C9H12F2N2O/c1-9(13,4-14)5-2-6(10)7(11)3-8(5)12/h2-3,14H,4,12-13H2,1H3/t9-/m1/s1. The Balaban J connectivity index is 3.29. The van der Waals surface area contributed by atoms with Gasteiger partial charge in [0.1, 0.15) is 0 Å². The number of halogens is 2. The Morgan fingerprint density at radius 1 is 1.36 bits per heavy atom. The van der Waals surface area contributed by atoms with E-state index in [9.17, 15) is 8.78 Å². The molecule has 0 amide bonds. The molecule has 0 fully saturated rings. The number of nitrogens with two attached hydrogens (primary N) is 2. The van der Waals surface area contributed by atoms with Gasteiger partial charge in [-0.25, -0.2) is 8.78 Å². The van der Waals surface area contributed by atoms with Gasteiger partial charge in [-0.05, 0) is 13.0 Å². The zero-order chi connectivity index (χ0) is 10.9. The number of anilines is 1. The van der Waals surface area contributed by atoms with Crippen LogP contribution in [0.4, 0.5) is 14.5 Å². The minimum absolute atomic E-state index is 0.0305. The SMILES string of the molecule is C[C@@](N)(CO)c1cc(F)c(F)cc1N. The molecule has 5 N–H and O–H groups in total. The highest BCUT2D eigenvalue weighted by molar-refractivity contribution is 5.50. The first kappa shape index (κ1) is 10.9. The zero-order valence-corrected chi connectivity index (χ0v) is 7.72. The minimum atomic E-state index is -1.17. The van der Waals surface area contributed by atoms with Crippen LogP contribution in [-0.4, -0.2) is 11.7 Å². The van der Waals surface area contributed by atoms with Crippen LogP contribution in [0.2, 0.25) is 0 Å². The van der Waals surface area contributed by atoms with Crippen molar-refractivity contribution in [3.05, 3.63) is 29.3 Å². The van der Waals surface area contributed by atoms with Gasteiger partial charge in [0, 0.05) is 17.3 Å². The largest absolute Gasteiger partial charge is 0.398 e. The first-order chi connectivity index (χ1) is 6.38. The Hall–Kier alpha value is -1.20. The lowest BCUT2D eigenvalue weighted by Gasteiger charge is -2.24. The third-order valence-corrected chi connectivity index (χ3v) is 2.04. The number of nitrogen functional groups attached to an aromatic ring is 1. The second-order valence-electron chi connectivity index (χ2n) is 3.43. The highest BCUT2D eigenvalue weighted by Crippen LogP contribution is 2.25. The van der Waals surface area contributed by atoms with Gasteiger partial charge in [0.15, 0.2) is 11.6 Å². The average molecular weight is 202 g/mol. The van der Waals surface area contributed by atoms with Gasteiger partial charge in [-0.2, -0.15) is 0 Å². The summed E-state index contributed by atoms with van der Waals surface area (Å²) in [6, 6.07) is 1.76. The van der Waals surface area contributed by atoms with E-state index in [2.05, 4.69) is 0 Å². The van der Waals surface area contributed by atoms with Crippen LogP contribution in [0.5, 0.6) is 0 Å². The Labute approximate surface area is 80.3 Å². The number of hydrogen-bond donors (Lipinski definition) is 3.